The summed E-state index contributed by atoms with van der Waals surface area (Å²) in [6.07, 6.45) is 2.29. The van der Waals surface area contributed by atoms with Crippen LogP contribution in [0.15, 0.2) is 24.3 Å². The Bertz CT molecular complexity index is 527. The smallest absolute Gasteiger partial charge is 0.223 e. The van der Waals surface area contributed by atoms with Crippen LogP contribution in [0, 0.1) is 0 Å². The average Bonchev–Trinajstić information content (AvgIpc) is 2.77. The molecule has 0 radical (unpaired) electrons. The van der Waals surface area contributed by atoms with E-state index < -0.39 is 0 Å². The molecular weight excluding hydrogens is 226 g/mol. The van der Waals surface area contributed by atoms with Gasteiger partial charge in [0.05, 0.1) is 11.0 Å². The first-order chi connectivity index (χ1) is 8.88. The predicted molar refractivity (Wildman–Crippen MR) is 74.5 cm³/mol. The van der Waals surface area contributed by atoms with Crippen molar-refractivity contribution in [2.45, 2.75) is 18.9 Å². The second-order valence-electron chi connectivity index (χ2n) is 4.65. The van der Waals surface area contributed by atoms with Gasteiger partial charge in [-0.25, -0.2) is 9.66 Å². The lowest BCUT2D eigenvalue weighted by atomic mass is 10.1. The molecule has 5 heteroatoms. The van der Waals surface area contributed by atoms with Crippen molar-refractivity contribution in [3.8, 4) is 0 Å². The molecule has 0 bridgehead atoms. The average molecular weight is 245 g/mol. The predicted octanol–water partition coefficient (Wildman–Crippen LogP) is 1.37. The number of nitrogens with zero attached hydrogens (tertiary/aromatic N) is 2. The second-order valence-corrected chi connectivity index (χ2v) is 4.65. The number of aromatic nitrogens is 2. The maximum atomic E-state index is 4.65. The fraction of sp³-hybridized carbons (Fsp3) is 0.462. The summed E-state index contributed by atoms with van der Waals surface area (Å²) in [4.78, 5) is 4.65. The van der Waals surface area contributed by atoms with Crippen molar-refractivity contribution >= 4 is 17.0 Å². The van der Waals surface area contributed by atoms with E-state index in [0.29, 0.717) is 6.04 Å². The Balaban J connectivity index is 1.90. The zero-order chi connectivity index (χ0) is 12.4. The molecule has 1 aromatic heterocycles. The van der Waals surface area contributed by atoms with Crippen LogP contribution in [0.4, 0.5) is 5.95 Å². The quantitative estimate of drug-likeness (QED) is 0.764. The molecule has 1 saturated heterocycles. The molecule has 0 saturated carbocycles. The maximum Gasteiger partial charge on any atom is 0.223 e. The van der Waals surface area contributed by atoms with Crippen molar-refractivity contribution in [2.75, 3.05) is 30.9 Å². The zero-order valence-electron chi connectivity index (χ0n) is 10.6. The number of rotatable bonds is 3. The summed E-state index contributed by atoms with van der Waals surface area (Å²) < 4.78 is 2.01. The van der Waals surface area contributed by atoms with E-state index in [1.807, 2.05) is 29.9 Å². The molecule has 3 N–H and O–H groups in total. The van der Waals surface area contributed by atoms with Crippen LogP contribution in [0.3, 0.4) is 0 Å². The molecule has 3 rings (SSSR count). The third kappa shape index (κ3) is 2.01. The van der Waals surface area contributed by atoms with Gasteiger partial charge in [-0.1, -0.05) is 12.1 Å². The molecule has 1 aliphatic rings. The maximum absolute atomic E-state index is 4.65. The second kappa shape index (κ2) is 4.86. The first kappa shape index (κ1) is 11.3. The number of para-hydroxylation sites is 2. The van der Waals surface area contributed by atoms with Crippen LogP contribution < -0.4 is 16.1 Å². The number of piperidine rings is 1. The molecule has 0 unspecified atom stereocenters. The SMILES string of the molecule is CNn1c(NC2CCNCC2)nc2ccccc21. The number of nitrogens with one attached hydrogen (secondary N) is 3. The summed E-state index contributed by atoms with van der Waals surface area (Å²) in [5.74, 6) is 0.908. The minimum Gasteiger partial charge on any atom is -0.351 e. The number of hydrogen-bond donors (Lipinski definition) is 3. The molecule has 1 aromatic carbocycles. The molecule has 0 atom stereocenters. The molecule has 1 aliphatic heterocycles. The zero-order valence-corrected chi connectivity index (χ0v) is 10.6. The summed E-state index contributed by atoms with van der Waals surface area (Å²) in [5, 5.41) is 6.91. The van der Waals surface area contributed by atoms with Gasteiger partial charge in [-0.15, -0.1) is 0 Å². The van der Waals surface area contributed by atoms with Crippen molar-refractivity contribution in [1.29, 1.82) is 0 Å². The number of imidazole rings is 1. The van der Waals surface area contributed by atoms with E-state index in [9.17, 15) is 0 Å². The van der Waals surface area contributed by atoms with Crippen LogP contribution >= 0.6 is 0 Å². The third-order valence-electron chi connectivity index (χ3n) is 3.46. The van der Waals surface area contributed by atoms with Gasteiger partial charge < -0.3 is 16.1 Å². The van der Waals surface area contributed by atoms with Crippen molar-refractivity contribution < 1.29 is 0 Å². The van der Waals surface area contributed by atoms with Crippen LogP contribution in [0.1, 0.15) is 12.8 Å². The van der Waals surface area contributed by atoms with Crippen LogP contribution in [0.2, 0.25) is 0 Å². The molecule has 18 heavy (non-hydrogen) atoms. The highest BCUT2D eigenvalue weighted by molar-refractivity contribution is 5.79. The Hall–Kier alpha value is -1.75. The van der Waals surface area contributed by atoms with Gasteiger partial charge in [0, 0.05) is 13.1 Å². The van der Waals surface area contributed by atoms with Gasteiger partial charge in [0.25, 0.3) is 0 Å². The molecular formula is C13H19N5. The van der Waals surface area contributed by atoms with Crippen LogP contribution in [0.25, 0.3) is 11.0 Å². The molecule has 0 aliphatic carbocycles. The number of hydrogen-bond acceptors (Lipinski definition) is 4. The van der Waals surface area contributed by atoms with Gasteiger partial charge in [-0.3, -0.25) is 0 Å². The van der Waals surface area contributed by atoms with Crippen molar-refractivity contribution in [3.05, 3.63) is 24.3 Å². The van der Waals surface area contributed by atoms with E-state index in [2.05, 4.69) is 27.1 Å². The van der Waals surface area contributed by atoms with Crippen LogP contribution in [0.5, 0.6) is 0 Å². The lowest BCUT2D eigenvalue weighted by molar-refractivity contribution is 0.476. The highest BCUT2D eigenvalue weighted by Crippen LogP contribution is 2.19. The summed E-state index contributed by atoms with van der Waals surface area (Å²) in [6.45, 7) is 2.16. The van der Waals surface area contributed by atoms with Gasteiger partial charge >= 0.3 is 0 Å². The lowest BCUT2D eigenvalue weighted by Crippen LogP contribution is -2.36. The summed E-state index contributed by atoms with van der Waals surface area (Å²) in [6, 6.07) is 8.68. The highest BCUT2D eigenvalue weighted by Gasteiger charge is 2.16. The highest BCUT2D eigenvalue weighted by atomic mass is 15.5. The van der Waals surface area contributed by atoms with Gasteiger partial charge in [-0.05, 0) is 38.1 Å². The van der Waals surface area contributed by atoms with E-state index in [-0.39, 0.29) is 0 Å². The van der Waals surface area contributed by atoms with Gasteiger partial charge in [-0.2, -0.15) is 0 Å². The van der Waals surface area contributed by atoms with Gasteiger partial charge in [0.2, 0.25) is 5.95 Å². The summed E-state index contributed by atoms with van der Waals surface area (Å²) >= 11 is 0. The van der Waals surface area contributed by atoms with Crippen LogP contribution in [-0.4, -0.2) is 35.8 Å². The minimum absolute atomic E-state index is 0.509. The summed E-state index contributed by atoms with van der Waals surface area (Å²) in [5.41, 5.74) is 5.31. The topological polar surface area (TPSA) is 53.9 Å². The number of anilines is 1. The van der Waals surface area contributed by atoms with Crippen molar-refractivity contribution in [3.63, 3.8) is 0 Å². The van der Waals surface area contributed by atoms with E-state index in [1.54, 1.807) is 0 Å². The van der Waals surface area contributed by atoms with Gasteiger partial charge in [0.1, 0.15) is 0 Å². The summed E-state index contributed by atoms with van der Waals surface area (Å²) in [7, 11) is 1.92. The monoisotopic (exact) mass is 245 g/mol. The normalized spacial score (nSPS) is 16.9. The fourth-order valence-corrected chi connectivity index (χ4v) is 2.50. The van der Waals surface area contributed by atoms with Gasteiger partial charge in [0.15, 0.2) is 0 Å². The largest absolute Gasteiger partial charge is 0.351 e. The Morgan fingerprint density at radius 2 is 2.06 bits per heavy atom. The molecule has 96 valence electrons. The van der Waals surface area contributed by atoms with E-state index in [0.717, 1.165) is 42.9 Å². The lowest BCUT2D eigenvalue weighted by Gasteiger charge is -2.24. The van der Waals surface area contributed by atoms with E-state index in [4.69, 9.17) is 0 Å². The van der Waals surface area contributed by atoms with Crippen molar-refractivity contribution in [2.24, 2.45) is 0 Å². The molecule has 0 amide bonds. The molecule has 2 heterocycles. The molecule has 5 nitrogen and oxygen atoms in total. The number of fused-ring (bicyclic) bond motifs is 1. The molecule has 1 fully saturated rings. The van der Waals surface area contributed by atoms with E-state index >= 15 is 0 Å². The molecule has 0 spiro atoms. The van der Waals surface area contributed by atoms with E-state index in [1.165, 1.54) is 0 Å². The standard InChI is InChI=1S/C13H19N5/c1-14-18-12-5-3-2-4-11(12)17-13(18)16-10-6-8-15-9-7-10/h2-5,10,14-15H,6-9H2,1H3,(H,16,17). The Kier molecular flexibility index (Phi) is 3.06. The minimum atomic E-state index is 0.509. The molecule has 2 aromatic rings. The first-order valence-electron chi connectivity index (χ1n) is 6.51. The van der Waals surface area contributed by atoms with Crippen LogP contribution in [-0.2, 0) is 0 Å². The Morgan fingerprint density at radius 3 is 2.83 bits per heavy atom. The number of benzene rings is 1. The Labute approximate surface area is 107 Å². The fourth-order valence-electron chi connectivity index (χ4n) is 2.50. The Morgan fingerprint density at radius 1 is 1.28 bits per heavy atom. The third-order valence-corrected chi connectivity index (χ3v) is 3.46. The first-order valence-corrected chi connectivity index (χ1v) is 6.51. The van der Waals surface area contributed by atoms with Crippen molar-refractivity contribution in [1.82, 2.24) is 15.0 Å².